The number of pyridine rings is 1. The lowest BCUT2D eigenvalue weighted by atomic mass is 10.2. The minimum atomic E-state index is 0. The van der Waals surface area contributed by atoms with Gasteiger partial charge in [0.25, 0.3) is 0 Å². The van der Waals surface area contributed by atoms with Crippen molar-refractivity contribution in [1.82, 2.24) is 9.88 Å². The molecule has 0 radical (unpaired) electrons. The summed E-state index contributed by atoms with van der Waals surface area (Å²) in [6, 6.07) is 6.11. The lowest BCUT2D eigenvalue weighted by Crippen LogP contribution is -2.23. The molecule has 0 aliphatic carbocycles. The number of anilines is 1. The highest BCUT2D eigenvalue weighted by Crippen LogP contribution is 2.22. The Morgan fingerprint density at radius 3 is 3.22 bits per heavy atom. The summed E-state index contributed by atoms with van der Waals surface area (Å²) in [4.78, 5) is 6.60. The third-order valence-electron chi connectivity index (χ3n) is 3.26. The number of likely N-dealkylation sites (N-methyl/N-ethyl adjacent to an activating group) is 1. The first-order chi connectivity index (χ1) is 8.74. The van der Waals surface area contributed by atoms with E-state index in [1.807, 2.05) is 12.1 Å². The second-order valence-corrected chi connectivity index (χ2v) is 4.72. The fraction of sp³-hybridized carbons (Fsp3) is 0.385. The molecule has 1 aliphatic heterocycles. The van der Waals surface area contributed by atoms with Crippen molar-refractivity contribution in [3.8, 4) is 6.07 Å². The molecule has 1 atom stereocenters. The molecule has 1 aliphatic rings. The van der Waals surface area contributed by atoms with Gasteiger partial charge in [0, 0.05) is 25.5 Å². The number of aromatic nitrogens is 1. The topological polar surface area (TPSA) is 65.1 Å². The fourth-order valence-corrected chi connectivity index (χ4v) is 2.34. The van der Waals surface area contributed by atoms with Crippen LogP contribution in [-0.4, -0.2) is 36.1 Å². The van der Waals surface area contributed by atoms with Crippen LogP contribution in [0.2, 0.25) is 0 Å². The molecule has 1 fully saturated rings. The van der Waals surface area contributed by atoms with Gasteiger partial charge in [0.1, 0.15) is 11.9 Å². The molecule has 2 aromatic rings. The number of likely N-dealkylation sites (tertiary alicyclic amines) is 1. The molecule has 0 aromatic carbocycles. The second kappa shape index (κ2) is 4.31. The summed E-state index contributed by atoms with van der Waals surface area (Å²) in [5.41, 5.74) is 0.653. The van der Waals surface area contributed by atoms with Crippen molar-refractivity contribution in [3.05, 3.63) is 24.1 Å². The van der Waals surface area contributed by atoms with Crippen LogP contribution in [0.25, 0.3) is 11.0 Å². The summed E-state index contributed by atoms with van der Waals surface area (Å²) >= 11 is 0. The summed E-state index contributed by atoms with van der Waals surface area (Å²) < 4.78 is 5.30. The molecule has 0 spiro atoms. The van der Waals surface area contributed by atoms with Crippen molar-refractivity contribution in [1.29, 1.82) is 5.26 Å². The molecule has 3 heterocycles. The third-order valence-corrected chi connectivity index (χ3v) is 3.26. The Morgan fingerprint density at radius 2 is 2.50 bits per heavy atom. The molecule has 1 N–H and O–H groups in total. The summed E-state index contributed by atoms with van der Waals surface area (Å²) in [7, 11) is 2.12. The summed E-state index contributed by atoms with van der Waals surface area (Å²) in [6.45, 7) is 2.15. The Labute approximate surface area is 106 Å². The Hall–Kier alpha value is -2.06. The van der Waals surface area contributed by atoms with Crippen LogP contribution >= 0.6 is 0 Å². The van der Waals surface area contributed by atoms with Gasteiger partial charge in [0.2, 0.25) is 5.76 Å². The zero-order chi connectivity index (χ0) is 12.5. The molecule has 0 bridgehead atoms. The van der Waals surface area contributed by atoms with Crippen molar-refractivity contribution >= 4 is 16.8 Å². The van der Waals surface area contributed by atoms with E-state index in [1.54, 1.807) is 12.3 Å². The molecule has 5 heteroatoms. The van der Waals surface area contributed by atoms with Crippen LogP contribution in [-0.2, 0) is 0 Å². The smallest absolute Gasteiger partial charge is 0.204 e. The minimum absolute atomic E-state index is 0. The first-order valence-electron chi connectivity index (χ1n) is 5.99. The highest BCUT2D eigenvalue weighted by Gasteiger charge is 2.19. The van der Waals surface area contributed by atoms with Gasteiger partial charge in [-0.05, 0) is 26.1 Å². The van der Waals surface area contributed by atoms with Gasteiger partial charge in [0.15, 0.2) is 5.58 Å². The summed E-state index contributed by atoms with van der Waals surface area (Å²) in [6.07, 6.45) is 2.79. The number of nitrogens with zero attached hydrogens (tertiary/aromatic N) is 3. The molecule has 0 saturated carbocycles. The van der Waals surface area contributed by atoms with E-state index in [1.165, 1.54) is 0 Å². The first-order valence-corrected chi connectivity index (χ1v) is 5.99. The Kier molecular flexibility index (Phi) is 2.65. The quantitative estimate of drug-likeness (QED) is 0.876. The number of rotatable bonds is 2. The van der Waals surface area contributed by atoms with E-state index >= 15 is 0 Å². The van der Waals surface area contributed by atoms with Gasteiger partial charge in [-0.25, -0.2) is 4.98 Å². The molecule has 5 nitrogen and oxygen atoms in total. The van der Waals surface area contributed by atoms with Crippen LogP contribution in [0.5, 0.6) is 0 Å². The van der Waals surface area contributed by atoms with E-state index < -0.39 is 0 Å². The number of furan rings is 1. The van der Waals surface area contributed by atoms with Crippen LogP contribution < -0.4 is 5.32 Å². The number of nitriles is 1. The molecule has 0 amide bonds. The standard InChI is InChI=1S/C13H14N4O.H2/c1-17-3-2-10(8-17)16-13-5-9-4-11(6-14)18-12(9)7-15-13;/h4-5,7,10H,2-3,8H2,1H3,(H,15,16);1H/t10-;/m1./s1. The predicted molar refractivity (Wildman–Crippen MR) is 70.4 cm³/mol. The number of nitrogens with one attached hydrogen (secondary N) is 1. The van der Waals surface area contributed by atoms with Crippen molar-refractivity contribution < 1.29 is 5.84 Å². The van der Waals surface area contributed by atoms with Crippen molar-refractivity contribution in [2.24, 2.45) is 0 Å². The van der Waals surface area contributed by atoms with Gasteiger partial charge in [-0.2, -0.15) is 5.26 Å². The van der Waals surface area contributed by atoms with E-state index in [0.717, 1.165) is 30.7 Å². The van der Waals surface area contributed by atoms with Crippen molar-refractivity contribution in [2.75, 3.05) is 25.5 Å². The van der Waals surface area contributed by atoms with E-state index in [4.69, 9.17) is 9.68 Å². The van der Waals surface area contributed by atoms with Gasteiger partial charge in [-0.15, -0.1) is 0 Å². The average molecular weight is 244 g/mol. The molecule has 0 unspecified atom stereocenters. The molecule has 18 heavy (non-hydrogen) atoms. The normalized spacial score (nSPS) is 20.1. The highest BCUT2D eigenvalue weighted by molar-refractivity contribution is 5.80. The fourth-order valence-electron chi connectivity index (χ4n) is 2.34. The van der Waals surface area contributed by atoms with Gasteiger partial charge in [0.05, 0.1) is 6.20 Å². The maximum atomic E-state index is 8.78. The third kappa shape index (κ3) is 2.03. The summed E-state index contributed by atoms with van der Waals surface area (Å²) in [5.74, 6) is 1.16. The molecular weight excluding hydrogens is 228 g/mol. The lowest BCUT2D eigenvalue weighted by molar-refractivity contribution is 0.414. The SMILES string of the molecule is CN1CC[C@@H](Nc2cc3cc(C#N)oc3cn2)C1.[HH]. The Balaban J connectivity index is 0.00000133. The van der Waals surface area contributed by atoms with E-state index in [9.17, 15) is 0 Å². The molecule has 1 saturated heterocycles. The van der Waals surface area contributed by atoms with Crippen molar-refractivity contribution in [3.63, 3.8) is 0 Å². The monoisotopic (exact) mass is 244 g/mol. The maximum absolute atomic E-state index is 8.78. The van der Waals surface area contributed by atoms with E-state index in [2.05, 4.69) is 22.2 Å². The number of hydrogen-bond donors (Lipinski definition) is 1. The van der Waals surface area contributed by atoms with E-state index in [-0.39, 0.29) is 1.43 Å². The zero-order valence-electron chi connectivity index (χ0n) is 10.2. The molecular formula is C13H16N4O. The molecule has 94 valence electrons. The summed E-state index contributed by atoms with van der Waals surface area (Å²) in [5, 5.41) is 13.1. The Morgan fingerprint density at radius 1 is 1.61 bits per heavy atom. The minimum Gasteiger partial charge on any atom is -0.444 e. The first kappa shape index (κ1) is 11.1. The van der Waals surface area contributed by atoms with Gasteiger partial charge >= 0.3 is 0 Å². The van der Waals surface area contributed by atoms with E-state index in [0.29, 0.717) is 17.4 Å². The zero-order valence-corrected chi connectivity index (χ0v) is 10.2. The van der Waals surface area contributed by atoms with Gasteiger partial charge in [-0.3, -0.25) is 0 Å². The number of fused-ring (bicyclic) bond motifs is 1. The van der Waals surface area contributed by atoms with Gasteiger partial charge < -0.3 is 14.6 Å². The van der Waals surface area contributed by atoms with Gasteiger partial charge in [-0.1, -0.05) is 0 Å². The van der Waals surface area contributed by atoms with Crippen LogP contribution in [0.3, 0.4) is 0 Å². The van der Waals surface area contributed by atoms with Crippen LogP contribution in [0.1, 0.15) is 13.6 Å². The van der Waals surface area contributed by atoms with Crippen molar-refractivity contribution in [2.45, 2.75) is 12.5 Å². The largest absolute Gasteiger partial charge is 0.444 e. The lowest BCUT2D eigenvalue weighted by Gasteiger charge is -2.13. The average Bonchev–Trinajstić information content (AvgIpc) is 2.94. The highest BCUT2D eigenvalue weighted by atomic mass is 16.3. The Bertz CT molecular complexity index is 619. The van der Waals surface area contributed by atoms with Crippen LogP contribution in [0, 0.1) is 11.3 Å². The van der Waals surface area contributed by atoms with Crippen LogP contribution in [0.4, 0.5) is 5.82 Å². The predicted octanol–water partition coefficient (Wildman–Crippen LogP) is 2.06. The molecule has 3 rings (SSSR count). The number of hydrogen-bond acceptors (Lipinski definition) is 5. The second-order valence-electron chi connectivity index (χ2n) is 4.72. The van der Waals surface area contributed by atoms with Crippen LogP contribution in [0.15, 0.2) is 22.7 Å². The molecule has 2 aromatic heterocycles. The maximum Gasteiger partial charge on any atom is 0.204 e.